The van der Waals surface area contributed by atoms with Crippen molar-refractivity contribution in [1.82, 2.24) is 25.3 Å². The Labute approximate surface area is 163 Å². The van der Waals surface area contributed by atoms with Crippen molar-refractivity contribution in [3.63, 3.8) is 0 Å². The SMILES string of the molecule is CCNC(=NCc1cccc(C(F)(F)F)c1)NCC(c1cnn(C)c1)N(C)C. The molecule has 0 saturated heterocycles. The Morgan fingerprint density at radius 3 is 2.61 bits per heavy atom. The lowest BCUT2D eigenvalue weighted by Gasteiger charge is -2.24. The zero-order chi connectivity index (χ0) is 20.7. The van der Waals surface area contributed by atoms with Crippen LogP contribution in [0, 0.1) is 0 Å². The van der Waals surface area contributed by atoms with Gasteiger partial charge in [-0.2, -0.15) is 18.3 Å². The number of guanidine groups is 1. The van der Waals surface area contributed by atoms with E-state index < -0.39 is 11.7 Å². The number of hydrogen-bond donors (Lipinski definition) is 2. The van der Waals surface area contributed by atoms with Crippen molar-refractivity contribution >= 4 is 5.96 Å². The average molecular weight is 396 g/mol. The van der Waals surface area contributed by atoms with Crippen molar-refractivity contribution < 1.29 is 13.2 Å². The number of halogens is 3. The number of aryl methyl sites for hydroxylation is 1. The second kappa shape index (κ2) is 9.59. The van der Waals surface area contributed by atoms with E-state index in [1.165, 1.54) is 6.07 Å². The van der Waals surface area contributed by atoms with E-state index in [1.54, 1.807) is 10.7 Å². The van der Waals surface area contributed by atoms with Crippen LogP contribution in [0.4, 0.5) is 13.2 Å². The molecule has 2 aromatic rings. The van der Waals surface area contributed by atoms with E-state index in [-0.39, 0.29) is 12.6 Å². The smallest absolute Gasteiger partial charge is 0.357 e. The predicted octanol–water partition coefficient (Wildman–Crippen LogP) is 2.80. The number of aromatic nitrogens is 2. The molecule has 154 valence electrons. The lowest BCUT2D eigenvalue weighted by Crippen LogP contribution is -2.41. The zero-order valence-electron chi connectivity index (χ0n) is 16.6. The molecule has 0 spiro atoms. The first-order valence-corrected chi connectivity index (χ1v) is 9.04. The van der Waals surface area contributed by atoms with Gasteiger partial charge in [-0.25, -0.2) is 4.99 Å². The third-order valence-electron chi connectivity index (χ3n) is 4.21. The van der Waals surface area contributed by atoms with Crippen LogP contribution >= 0.6 is 0 Å². The van der Waals surface area contributed by atoms with E-state index in [0.717, 1.165) is 17.7 Å². The molecule has 1 aromatic heterocycles. The van der Waals surface area contributed by atoms with E-state index in [1.807, 2.05) is 40.5 Å². The first-order valence-electron chi connectivity index (χ1n) is 9.04. The first-order chi connectivity index (χ1) is 13.2. The fourth-order valence-corrected chi connectivity index (χ4v) is 2.76. The molecular formula is C19H27F3N6. The summed E-state index contributed by atoms with van der Waals surface area (Å²) in [7, 11) is 5.82. The summed E-state index contributed by atoms with van der Waals surface area (Å²) in [6.45, 7) is 3.31. The summed E-state index contributed by atoms with van der Waals surface area (Å²) in [6, 6.07) is 5.31. The van der Waals surface area contributed by atoms with Gasteiger partial charge in [-0.1, -0.05) is 12.1 Å². The molecular weight excluding hydrogens is 369 g/mol. The van der Waals surface area contributed by atoms with E-state index in [4.69, 9.17) is 0 Å². The van der Waals surface area contributed by atoms with Crippen LogP contribution in [-0.4, -0.2) is 47.8 Å². The van der Waals surface area contributed by atoms with Gasteiger partial charge in [0.15, 0.2) is 5.96 Å². The lowest BCUT2D eigenvalue weighted by atomic mass is 10.1. The Morgan fingerprint density at radius 1 is 1.29 bits per heavy atom. The summed E-state index contributed by atoms with van der Waals surface area (Å²) in [5.41, 5.74) is 0.902. The molecule has 28 heavy (non-hydrogen) atoms. The normalized spacial score (nSPS) is 13.6. The summed E-state index contributed by atoms with van der Waals surface area (Å²) in [6.07, 6.45) is -0.580. The second-order valence-electron chi connectivity index (χ2n) is 6.70. The number of nitrogens with zero attached hydrogens (tertiary/aromatic N) is 4. The van der Waals surface area contributed by atoms with Gasteiger partial charge in [0.25, 0.3) is 0 Å². The maximum atomic E-state index is 12.9. The molecule has 0 bridgehead atoms. The summed E-state index contributed by atoms with van der Waals surface area (Å²) in [4.78, 5) is 6.49. The minimum Gasteiger partial charge on any atom is -0.357 e. The number of hydrogen-bond acceptors (Lipinski definition) is 3. The fraction of sp³-hybridized carbons (Fsp3) is 0.474. The standard InChI is InChI=1S/C19H27F3N6/c1-5-23-18(24-10-14-7-6-8-16(9-14)19(20,21)22)25-12-17(27(2)3)15-11-26-28(4)13-15/h6-9,11,13,17H,5,10,12H2,1-4H3,(H2,23,24,25). The second-order valence-corrected chi connectivity index (χ2v) is 6.70. The Balaban J connectivity index is 2.07. The summed E-state index contributed by atoms with van der Waals surface area (Å²) in [5, 5.41) is 10.6. The molecule has 1 unspecified atom stereocenters. The summed E-state index contributed by atoms with van der Waals surface area (Å²) < 4.78 is 40.3. The number of benzene rings is 1. The van der Waals surface area contributed by atoms with Gasteiger partial charge in [-0.15, -0.1) is 0 Å². The average Bonchev–Trinajstić information content (AvgIpc) is 3.05. The van der Waals surface area contributed by atoms with E-state index in [0.29, 0.717) is 24.6 Å². The third kappa shape index (κ3) is 6.26. The molecule has 0 aliphatic heterocycles. The van der Waals surface area contributed by atoms with Crippen LogP contribution in [0.15, 0.2) is 41.7 Å². The maximum absolute atomic E-state index is 12.9. The molecule has 0 saturated carbocycles. The Morgan fingerprint density at radius 2 is 2.04 bits per heavy atom. The first kappa shape index (κ1) is 21.7. The van der Waals surface area contributed by atoms with Gasteiger partial charge in [0, 0.05) is 31.9 Å². The van der Waals surface area contributed by atoms with Crippen LogP contribution in [0.1, 0.15) is 29.7 Å². The topological polar surface area (TPSA) is 57.5 Å². The number of likely N-dealkylation sites (N-methyl/N-ethyl adjacent to an activating group) is 1. The molecule has 9 heteroatoms. The van der Waals surface area contributed by atoms with Crippen molar-refractivity contribution in [3.05, 3.63) is 53.3 Å². The van der Waals surface area contributed by atoms with Crippen LogP contribution in [0.25, 0.3) is 0 Å². The van der Waals surface area contributed by atoms with Crippen LogP contribution < -0.4 is 10.6 Å². The van der Waals surface area contributed by atoms with Crippen molar-refractivity contribution in [2.75, 3.05) is 27.2 Å². The van der Waals surface area contributed by atoms with Crippen LogP contribution in [0.3, 0.4) is 0 Å². The molecule has 1 heterocycles. The molecule has 0 aliphatic carbocycles. The Bertz CT molecular complexity index is 782. The van der Waals surface area contributed by atoms with Gasteiger partial charge >= 0.3 is 6.18 Å². The van der Waals surface area contributed by atoms with Crippen molar-refractivity contribution in [1.29, 1.82) is 0 Å². The van der Waals surface area contributed by atoms with Gasteiger partial charge in [-0.3, -0.25) is 4.68 Å². The molecule has 0 aliphatic rings. The highest BCUT2D eigenvalue weighted by molar-refractivity contribution is 5.79. The maximum Gasteiger partial charge on any atom is 0.416 e. The predicted molar refractivity (Wildman–Crippen MR) is 104 cm³/mol. The highest BCUT2D eigenvalue weighted by atomic mass is 19.4. The van der Waals surface area contributed by atoms with Crippen LogP contribution in [0.2, 0.25) is 0 Å². The number of alkyl halides is 3. The minimum absolute atomic E-state index is 0.0751. The Hall–Kier alpha value is -2.55. The van der Waals surface area contributed by atoms with Crippen molar-refractivity contribution in [2.45, 2.75) is 25.7 Å². The summed E-state index contributed by atoms with van der Waals surface area (Å²) in [5.74, 6) is 0.552. The third-order valence-corrected chi connectivity index (χ3v) is 4.21. The lowest BCUT2D eigenvalue weighted by molar-refractivity contribution is -0.137. The number of aliphatic imine (C=N–C) groups is 1. The number of rotatable bonds is 7. The molecule has 0 radical (unpaired) electrons. The molecule has 2 rings (SSSR count). The largest absolute Gasteiger partial charge is 0.416 e. The van der Waals surface area contributed by atoms with Crippen molar-refractivity contribution in [2.24, 2.45) is 12.0 Å². The molecule has 2 N–H and O–H groups in total. The van der Waals surface area contributed by atoms with Crippen LogP contribution in [0.5, 0.6) is 0 Å². The minimum atomic E-state index is -4.36. The highest BCUT2D eigenvalue weighted by Crippen LogP contribution is 2.29. The van der Waals surface area contributed by atoms with Gasteiger partial charge in [0.1, 0.15) is 0 Å². The zero-order valence-corrected chi connectivity index (χ0v) is 16.6. The van der Waals surface area contributed by atoms with Gasteiger partial charge in [0.05, 0.1) is 24.3 Å². The van der Waals surface area contributed by atoms with E-state index >= 15 is 0 Å². The van der Waals surface area contributed by atoms with E-state index in [2.05, 4.69) is 25.6 Å². The highest BCUT2D eigenvalue weighted by Gasteiger charge is 2.30. The van der Waals surface area contributed by atoms with Crippen molar-refractivity contribution in [3.8, 4) is 0 Å². The molecule has 0 amide bonds. The monoisotopic (exact) mass is 396 g/mol. The summed E-state index contributed by atoms with van der Waals surface area (Å²) >= 11 is 0. The van der Waals surface area contributed by atoms with Gasteiger partial charge < -0.3 is 15.5 Å². The Kier molecular flexibility index (Phi) is 7.45. The molecule has 1 aromatic carbocycles. The number of nitrogens with one attached hydrogen (secondary N) is 2. The molecule has 1 atom stereocenters. The quantitative estimate of drug-likeness (QED) is 0.558. The fourth-order valence-electron chi connectivity index (χ4n) is 2.76. The van der Waals surface area contributed by atoms with Crippen LogP contribution in [-0.2, 0) is 19.8 Å². The molecule has 0 fully saturated rings. The van der Waals surface area contributed by atoms with Gasteiger partial charge in [0.2, 0.25) is 0 Å². The molecule has 6 nitrogen and oxygen atoms in total. The van der Waals surface area contributed by atoms with Gasteiger partial charge in [-0.05, 0) is 38.7 Å². The van der Waals surface area contributed by atoms with E-state index in [9.17, 15) is 13.2 Å².